The Labute approximate surface area is 146 Å². The van der Waals surface area contributed by atoms with Crippen molar-refractivity contribution < 1.29 is 9.53 Å². The van der Waals surface area contributed by atoms with E-state index in [1.807, 2.05) is 23.7 Å². The number of nitrogens with zero attached hydrogens (tertiary/aromatic N) is 3. The molecule has 128 valence electrons. The minimum atomic E-state index is 0.169. The molecule has 1 unspecified atom stereocenters. The number of carbonyl (C=O) groups is 1. The van der Waals surface area contributed by atoms with Gasteiger partial charge in [0.15, 0.2) is 0 Å². The first-order valence-corrected chi connectivity index (χ1v) is 9.64. The number of aromatic nitrogens is 1. The first-order chi connectivity index (χ1) is 11.8. The summed E-state index contributed by atoms with van der Waals surface area (Å²) in [5.41, 5.74) is 3.56. The van der Waals surface area contributed by atoms with Gasteiger partial charge in [-0.2, -0.15) is 0 Å². The van der Waals surface area contributed by atoms with Crippen molar-refractivity contribution in [1.29, 1.82) is 0 Å². The third kappa shape index (κ3) is 3.18. The average molecular weight is 345 g/mol. The van der Waals surface area contributed by atoms with E-state index >= 15 is 0 Å². The number of thiazole rings is 1. The number of amides is 1. The van der Waals surface area contributed by atoms with Gasteiger partial charge in [0.1, 0.15) is 0 Å². The fourth-order valence-corrected chi connectivity index (χ4v) is 4.54. The molecule has 1 aromatic heterocycles. The molecule has 0 N–H and O–H groups in total. The third-order valence-electron chi connectivity index (χ3n) is 5.05. The largest absolute Gasteiger partial charge is 0.379 e. The molecular formula is C18H23N3O2S. The zero-order chi connectivity index (χ0) is 16.4. The lowest BCUT2D eigenvalue weighted by molar-refractivity contribution is 0.0167. The zero-order valence-corrected chi connectivity index (χ0v) is 14.6. The normalized spacial score (nSPS) is 22.8. The average Bonchev–Trinajstić information content (AvgIpc) is 3.11. The van der Waals surface area contributed by atoms with Crippen LogP contribution in [-0.4, -0.2) is 66.1 Å². The Bertz CT molecular complexity index is 711. The van der Waals surface area contributed by atoms with E-state index < -0.39 is 0 Å². The monoisotopic (exact) mass is 345 g/mol. The highest BCUT2D eigenvalue weighted by atomic mass is 32.1. The van der Waals surface area contributed by atoms with Crippen molar-refractivity contribution in [3.05, 3.63) is 29.3 Å². The Morgan fingerprint density at radius 2 is 2.12 bits per heavy atom. The number of likely N-dealkylation sites (tertiary alicyclic amines) is 1. The van der Waals surface area contributed by atoms with Crippen molar-refractivity contribution in [2.45, 2.75) is 25.3 Å². The molecular weight excluding hydrogens is 322 g/mol. The summed E-state index contributed by atoms with van der Waals surface area (Å²) >= 11 is 1.56. The summed E-state index contributed by atoms with van der Waals surface area (Å²) in [5.74, 6) is 0.169. The summed E-state index contributed by atoms with van der Waals surface area (Å²) < 4.78 is 6.46. The predicted octanol–water partition coefficient (Wildman–Crippen LogP) is 2.62. The van der Waals surface area contributed by atoms with Crippen molar-refractivity contribution in [3.63, 3.8) is 0 Å². The van der Waals surface area contributed by atoms with Gasteiger partial charge in [-0.1, -0.05) is 6.07 Å². The summed E-state index contributed by atoms with van der Waals surface area (Å²) in [7, 11) is 0. The third-order valence-corrected chi connectivity index (χ3v) is 5.92. The van der Waals surface area contributed by atoms with E-state index in [0.29, 0.717) is 6.04 Å². The van der Waals surface area contributed by atoms with Crippen LogP contribution in [0.25, 0.3) is 10.2 Å². The first-order valence-electron chi connectivity index (χ1n) is 8.76. The minimum absolute atomic E-state index is 0.169. The molecule has 6 heteroatoms. The predicted molar refractivity (Wildman–Crippen MR) is 95.6 cm³/mol. The molecule has 1 atom stereocenters. The van der Waals surface area contributed by atoms with Crippen LogP contribution in [0.4, 0.5) is 0 Å². The van der Waals surface area contributed by atoms with Crippen LogP contribution in [0.1, 0.15) is 29.6 Å². The Kier molecular flexibility index (Phi) is 4.78. The Balaban J connectivity index is 1.55. The Morgan fingerprint density at radius 1 is 1.25 bits per heavy atom. The van der Waals surface area contributed by atoms with Crippen LogP contribution < -0.4 is 0 Å². The van der Waals surface area contributed by atoms with E-state index in [2.05, 4.69) is 14.8 Å². The van der Waals surface area contributed by atoms with Gasteiger partial charge in [0.05, 0.1) is 34.5 Å². The maximum Gasteiger partial charge on any atom is 0.255 e. The quantitative estimate of drug-likeness (QED) is 0.858. The molecule has 2 aliphatic heterocycles. The van der Waals surface area contributed by atoms with Crippen LogP contribution >= 0.6 is 11.3 Å². The molecule has 2 aliphatic rings. The second-order valence-corrected chi connectivity index (χ2v) is 7.42. The molecule has 24 heavy (non-hydrogen) atoms. The highest BCUT2D eigenvalue weighted by molar-refractivity contribution is 7.17. The molecule has 1 amide bonds. The lowest BCUT2D eigenvalue weighted by atomic mass is 10.00. The number of hydrogen-bond donors (Lipinski definition) is 0. The second-order valence-electron chi connectivity index (χ2n) is 6.57. The first kappa shape index (κ1) is 16.0. The molecule has 0 radical (unpaired) electrons. The van der Waals surface area contributed by atoms with Gasteiger partial charge >= 0.3 is 0 Å². The van der Waals surface area contributed by atoms with Gasteiger partial charge < -0.3 is 9.64 Å². The van der Waals surface area contributed by atoms with Crippen LogP contribution in [0.15, 0.2) is 23.7 Å². The van der Waals surface area contributed by atoms with Gasteiger partial charge in [0, 0.05) is 32.2 Å². The molecule has 5 nitrogen and oxygen atoms in total. The van der Waals surface area contributed by atoms with Gasteiger partial charge in [-0.05, 0) is 31.4 Å². The highest BCUT2D eigenvalue weighted by Crippen LogP contribution is 2.27. The van der Waals surface area contributed by atoms with Gasteiger partial charge in [0.2, 0.25) is 0 Å². The summed E-state index contributed by atoms with van der Waals surface area (Å²) in [6, 6.07) is 6.18. The molecule has 0 aliphatic carbocycles. The van der Waals surface area contributed by atoms with E-state index in [9.17, 15) is 4.79 Å². The van der Waals surface area contributed by atoms with Crippen LogP contribution in [0.2, 0.25) is 0 Å². The molecule has 2 fully saturated rings. The molecule has 2 aromatic rings. The SMILES string of the molecule is O=C(c1cccc2ncsc12)N1CCCCC1CN1CCOCC1. The van der Waals surface area contributed by atoms with Gasteiger partial charge in [-0.15, -0.1) is 11.3 Å². The van der Waals surface area contributed by atoms with Crippen LogP contribution in [0.3, 0.4) is 0 Å². The number of piperidine rings is 1. The van der Waals surface area contributed by atoms with Gasteiger partial charge in [-0.3, -0.25) is 9.69 Å². The molecule has 1 aromatic carbocycles. The van der Waals surface area contributed by atoms with Crippen LogP contribution in [0.5, 0.6) is 0 Å². The number of morpholine rings is 1. The number of rotatable bonds is 3. The highest BCUT2D eigenvalue weighted by Gasteiger charge is 2.30. The van der Waals surface area contributed by atoms with E-state index in [1.54, 1.807) is 11.3 Å². The summed E-state index contributed by atoms with van der Waals surface area (Å²) in [5, 5.41) is 0. The van der Waals surface area contributed by atoms with E-state index in [4.69, 9.17) is 4.74 Å². The summed E-state index contributed by atoms with van der Waals surface area (Å²) in [6.07, 6.45) is 3.41. The minimum Gasteiger partial charge on any atom is -0.379 e. The van der Waals surface area contributed by atoms with E-state index in [0.717, 1.165) is 68.0 Å². The van der Waals surface area contributed by atoms with Gasteiger partial charge in [0.25, 0.3) is 5.91 Å². The molecule has 4 rings (SSSR count). The number of ether oxygens (including phenoxy) is 1. The van der Waals surface area contributed by atoms with Crippen molar-refractivity contribution in [2.24, 2.45) is 0 Å². The van der Waals surface area contributed by atoms with Crippen molar-refractivity contribution >= 4 is 27.5 Å². The van der Waals surface area contributed by atoms with Crippen molar-refractivity contribution in [3.8, 4) is 0 Å². The van der Waals surface area contributed by atoms with E-state index in [-0.39, 0.29) is 5.91 Å². The van der Waals surface area contributed by atoms with Crippen LogP contribution in [-0.2, 0) is 4.74 Å². The number of benzene rings is 1. The maximum absolute atomic E-state index is 13.2. The molecule has 0 saturated carbocycles. The molecule has 0 bridgehead atoms. The number of carbonyl (C=O) groups excluding carboxylic acids is 1. The molecule has 2 saturated heterocycles. The smallest absolute Gasteiger partial charge is 0.255 e. The van der Waals surface area contributed by atoms with Crippen LogP contribution in [0, 0.1) is 0 Å². The lowest BCUT2D eigenvalue weighted by Crippen LogP contribution is -2.51. The lowest BCUT2D eigenvalue weighted by Gasteiger charge is -2.39. The molecule has 0 spiro atoms. The maximum atomic E-state index is 13.2. The van der Waals surface area contributed by atoms with E-state index in [1.165, 1.54) is 6.42 Å². The summed E-state index contributed by atoms with van der Waals surface area (Å²) in [4.78, 5) is 22.1. The zero-order valence-electron chi connectivity index (χ0n) is 13.8. The van der Waals surface area contributed by atoms with Gasteiger partial charge in [-0.25, -0.2) is 4.98 Å². The van der Waals surface area contributed by atoms with Crippen molar-refractivity contribution in [1.82, 2.24) is 14.8 Å². The topological polar surface area (TPSA) is 45.7 Å². The number of fused-ring (bicyclic) bond motifs is 1. The second kappa shape index (κ2) is 7.17. The number of hydrogen-bond acceptors (Lipinski definition) is 5. The summed E-state index contributed by atoms with van der Waals surface area (Å²) in [6.45, 7) is 5.39. The van der Waals surface area contributed by atoms with Crippen molar-refractivity contribution in [2.75, 3.05) is 39.4 Å². The Hall–Kier alpha value is -1.50. The fourth-order valence-electron chi connectivity index (χ4n) is 3.75. The molecule has 3 heterocycles. The Morgan fingerprint density at radius 3 is 3.00 bits per heavy atom. The fraction of sp³-hybridized carbons (Fsp3) is 0.556. The standard InChI is InChI=1S/C18H23N3O2S/c22-18(15-5-3-6-16-17(15)24-13-19-16)21-7-2-1-4-14(21)12-20-8-10-23-11-9-20/h3,5-6,13-14H,1-2,4,7-12H2.